The molecule has 0 saturated heterocycles. The molecule has 1 heterocycles. The number of hydrogen-bond acceptors (Lipinski definition) is 4. The summed E-state index contributed by atoms with van der Waals surface area (Å²) in [5.41, 5.74) is 0.955. The molecule has 20 heavy (non-hydrogen) atoms. The molecule has 2 rings (SSSR count). The minimum absolute atomic E-state index is 0.257. The molecule has 0 N–H and O–H groups in total. The molecule has 2 aromatic rings. The number of benzene rings is 1. The highest BCUT2D eigenvalue weighted by atomic mass is 32.2. The third-order valence-corrected chi connectivity index (χ3v) is 4.74. The fourth-order valence-electron chi connectivity index (χ4n) is 1.65. The second-order valence-electron chi connectivity index (χ2n) is 4.50. The van der Waals surface area contributed by atoms with Crippen molar-refractivity contribution in [1.29, 1.82) is 5.26 Å². The molecule has 7 heteroatoms. The van der Waals surface area contributed by atoms with Gasteiger partial charge in [0.2, 0.25) is 0 Å². The Bertz CT molecular complexity index is 788. The van der Waals surface area contributed by atoms with Crippen molar-refractivity contribution < 1.29 is 12.8 Å². The van der Waals surface area contributed by atoms with Crippen LogP contribution in [0.15, 0.2) is 30.6 Å². The third kappa shape index (κ3) is 2.42. The Morgan fingerprint density at radius 1 is 1.40 bits per heavy atom. The van der Waals surface area contributed by atoms with Crippen molar-refractivity contribution in [2.75, 3.05) is 0 Å². The van der Waals surface area contributed by atoms with E-state index in [1.54, 1.807) is 13.8 Å². The highest BCUT2D eigenvalue weighted by Gasteiger charge is 2.20. The number of halogens is 1. The maximum absolute atomic E-state index is 13.3. The van der Waals surface area contributed by atoms with Crippen molar-refractivity contribution in [2.24, 2.45) is 0 Å². The Morgan fingerprint density at radius 2 is 2.10 bits per heavy atom. The average Bonchev–Trinajstić information content (AvgIpc) is 2.88. The summed E-state index contributed by atoms with van der Waals surface area (Å²) in [6.45, 7) is 3.08. The summed E-state index contributed by atoms with van der Waals surface area (Å²) >= 11 is 0. The molecule has 1 aromatic heterocycles. The number of aromatic nitrogens is 2. The van der Waals surface area contributed by atoms with E-state index in [0.29, 0.717) is 11.1 Å². The zero-order valence-electron chi connectivity index (χ0n) is 10.9. The lowest BCUT2D eigenvalue weighted by atomic mass is 10.0. The van der Waals surface area contributed by atoms with Crippen molar-refractivity contribution >= 4 is 10.0 Å². The van der Waals surface area contributed by atoms with Crippen molar-refractivity contribution in [3.8, 4) is 17.2 Å². The van der Waals surface area contributed by atoms with Gasteiger partial charge in [0, 0.05) is 11.1 Å². The van der Waals surface area contributed by atoms with Gasteiger partial charge in [-0.3, -0.25) is 0 Å². The average molecular weight is 293 g/mol. The van der Waals surface area contributed by atoms with Gasteiger partial charge in [-0.1, -0.05) is 0 Å². The molecule has 0 atom stereocenters. The van der Waals surface area contributed by atoms with Crippen molar-refractivity contribution in [2.45, 2.75) is 19.1 Å². The van der Waals surface area contributed by atoms with Crippen LogP contribution in [-0.4, -0.2) is 22.9 Å². The summed E-state index contributed by atoms with van der Waals surface area (Å²) < 4.78 is 38.0. The minimum atomic E-state index is -3.56. The second-order valence-corrected chi connectivity index (χ2v) is 6.84. The molecule has 0 aliphatic rings. The van der Waals surface area contributed by atoms with Crippen molar-refractivity contribution in [3.63, 3.8) is 0 Å². The van der Waals surface area contributed by atoms with Gasteiger partial charge in [-0.25, -0.2) is 12.8 Å². The van der Waals surface area contributed by atoms with Crippen LogP contribution < -0.4 is 0 Å². The van der Waals surface area contributed by atoms with Gasteiger partial charge in [-0.2, -0.15) is 14.4 Å². The lowest BCUT2D eigenvalue weighted by molar-refractivity contribution is 0.571. The van der Waals surface area contributed by atoms with Crippen LogP contribution in [0.25, 0.3) is 11.1 Å². The van der Waals surface area contributed by atoms with E-state index < -0.39 is 21.1 Å². The predicted molar refractivity (Wildman–Crippen MR) is 71.8 cm³/mol. The quantitative estimate of drug-likeness (QED) is 0.869. The van der Waals surface area contributed by atoms with Gasteiger partial charge in [0.25, 0.3) is 10.0 Å². The molecule has 0 aliphatic carbocycles. The molecule has 0 saturated carbocycles. The first-order valence-corrected chi connectivity index (χ1v) is 7.35. The van der Waals surface area contributed by atoms with Crippen LogP contribution >= 0.6 is 0 Å². The van der Waals surface area contributed by atoms with Gasteiger partial charge in [0.05, 0.1) is 29.3 Å². The van der Waals surface area contributed by atoms with Crippen LogP contribution in [0.2, 0.25) is 0 Å². The van der Waals surface area contributed by atoms with E-state index in [-0.39, 0.29) is 5.56 Å². The maximum Gasteiger partial charge on any atom is 0.256 e. The van der Waals surface area contributed by atoms with Gasteiger partial charge >= 0.3 is 0 Å². The van der Waals surface area contributed by atoms with E-state index in [2.05, 4.69) is 5.10 Å². The Labute approximate surface area is 116 Å². The Hall–Kier alpha value is -2.20. The summed E-state index contributed by atoms with van der Waals surface area (Å²) in [5.74, 6) is -0.501. The van der Waals surface area contributed by atoms with Crippen molar-refractivity contribution in [1.82, 2.24) is 9.19 Å². The van der Waals surface area contributed by atoms with Gasteiger partial charge in [-0.05, 0) is 32.0 Å². The fraction of sp³-hybridized carbons (Fsp3) is 0.231. The SMILES string of the molecule is CC(C)S(=O)(=O)n1cc(-c2cc(F)ccc2C#N)cn1. The molecule has 5 nitrogen and oxygen atoms in total. The number of hydrogen-bond donors (Lipinski definition) is 0. The summed E-state index contributed by atoms with van der Waals surface area (Å²) in [4.78, 5) is 0. The minimum Gasteiger partial charge on any atom is -0.207 e. The summed E-state index contributed by atoms with van der Waals surface area (Å²) in [7, 11) is -3.56. The number of rotatable bonds is 3. The molecule has 0 spiro atoms. The molecule has 0 aliphatic heterocycles. The highest BCUT2D eigenvalue weighted by Crippen LogP contribution is 2.24. The number of nitriles is 1. The van der Waals surface area contributed by atoms with E-state index in [0.717, 1.165) is 4.09 Å². The Kier molecular flexibility index (Phi) is 3.59. The van der Waals surface area contributed by atoms with E-state index in [1.807, 2.05) is 6.07 Å². The lowest BCUT2D eigenvalue weighted by Crippen LogP contribution is -2.22. The maximum atomic E-state index is 13.3. The van der Waals surface area contributed by atoms with E-state index in [1.165, 1.54) is 30.6 Å². The van der Waals surface area contributed by atoms with Crippen LogP contribution in [0.5, 0.6) is 0 Å². The zero-order chi connectivity index (χ0) is 14.9. The third-order valence-electron chi connectivity index (χ3n) is 2.83. The van der Waals surface area contributed by atoms with Crippen LogP contribution in [0.3, 0.4) is 0 Å². The molecule has 1 aromatic carbocycles. The number of nitrogens with zero attached hydrogens (tertiary/aromatic N) is 3. The second kappa shape index (κ2) is 5.06. The highest BCUT2D eigenvalue weighted by molar-refractivity contribution is 7.90. The molecule has 104 valence electrons. The topological polar surface area (TPSA) is 75.8 Å². The first kappa shape index (κ1) is 14.2. The van der Waals surface area contributed by atoms with Gasteiger partial charge in [0.15, 0.2) is 0 Å². The lowest BCUT2D eigenvalue weighted by Gasteiger charge is -2.06. The monoisotopic (exact) mass is 293 g/mol. The van der Waals surface area contributed by atoms with Crippen LogP contribution in [0.1, 0.15) is 19.4 Å². The van der Waals surface area contributed by atoms with Crippen LogP contribution in [0, 0.1) is 17.1 Å². The summed E-state index contributed by atoms with van der Waals surface area (Å²) in [5, 5.41) is 12.2. The van der Waals surface area contributed by atoms with Gasteiger partial charge in [-0.15, -0.1) is 0 Å². The Morgan fingerprint density at radius 3 is 2.70 bits per heavy atom. The van der Waals surface area contributed by atoms with Crippen LogP contribution in [-0.2, 0) is 10.0 Å². The molecule has 0 amide bonds. The van der Waals surface area contributed by atoms with Crippen molar-refractivity contribution in [3.05, 3.63) is 42.0 Å². The summed E-state index contributed by atoms with van der Waals surface area (Å²) in [6, 6.07) is 5.65. The zero-order valence-corrected chi connectivity index (χ0v) is 11.7. The molecule has 0 unspecified atom stereocenters. The smallest absolute Gasteiger partial charge is 0.207 e. The molecular formula is C13H12FN3O2S. The molecule has 0 fully saturated rings. The molecule has 0 radical (unpaired) electrons. The summed E-state index contributed by atoms with van der Waals surface area (Å²) in [6.07, 6.45) is 2.58. The van der Waals surface area contributed by atoms with Gasteiger partial charge < -0.3 is 0 Å². The standard InChI is InChI=1S/C13H12FN3O2S/c1-9(2)20(18,19)17-8-11(7-16-17)13-5-12(14)4-3-10(13)6-15/h3-5,7-9H,1-2H3. The van der Waals surface area contributed by atoms with E-state index in [4.69, 9.17) is 5.26 Å². The van der Waals surface area contributed by atoms with Gasteiger partial charge in [0.1, 0.15) is 5.82 Å². The fourth-order valence-corrected chi connectivity index (χ4v) is 2.52. The largest absolute Gasteiger partial charge is 0.256 e. The Balaban J connectivity index is 2.55. The van der Waals surface area contributed by atoms with E-state index >= 15 is 0 Å². The van der Waals surface area contributed by atoms with Crippen LogP contribution in [0.4, 0.5) is 4.39 Å². The molecular weight excluding hydrogens is 281 g/mol. The first-order valence-electron chi connectivity index (χ1n) is 5.85. The van der Waals surface area contributed by atoms with E-state index in [9.17, 15) is 12.8 Å². The first-order chi connectivity index (χ1) is 9.36. The molecule has 0 bridgehead atoms. The normalized spacial score (nSPS) is 11.6. The predicted octanol–water partition coefficient (Wildman–Crippen LogP) is 2.15.